The quantitative estimate of drug-likeness (QED) is 0.613. The Morgan fingerprint density at radius 3 is 2.70 bits per heavy atom. The Balaban J connectivity index is 2.77. The maximum absolute atomic E-state index is 11.5. The monoisotopic (exact) mass is 278 g/mol. The number of benzene rings is 1. The number of ether oxygens (including phenoxy) is 2. The van der Waals surface area contributed by atoms with E-state index in [0.717, 1.165) is 12.0 Å². The van der Waals surface area contributed by atoms with Gasteiger partial charge in [0.05, 0.1) is 13.7 Å². The van der Waals surface area contributed by atoms with Crippen molar-refractivity contribution in [1.82, 2.24) is 10.4 Å². The largest absolute Gasteiger partial charge is 0.493 e. The predicted molar refractivity (Wildman–Crippen MR) is 79.6 cm³/mol. The zero-order valence-corrected chi connectivity index (χ0v) is 12.5. The van der Waals surface area contributed by atoms with Gasteiger partial charge in [-0.25, -0.2) is 5.01 Å². The van der Waals surface area contributed by atoms with Gasteiger partial charge in [0, 0.05) is 20.2 Å². The second kappa shape index (κ2) is 8.22. The molecule has 0 atom stereocenters. The van der Waals surface area contributed by atoms with Crippen LogP contribution in [0.25, 0.3) is 6.08 Å². The highest BCUT2D eigenvalue weighted by molar-refractivity contribution is 5.91. The molecule has 1 rings (SSSR count). The summed E-state index contributed by atoms with van der Waals surface area (Å²) >= 11 is 0. The van der Waals surface area contributed by atoms with Crippen LogP contribution in [0.4, 0.5) is 0 Å². The van der Waals surface area contributed by atoms with E-state index in [9.17, 15) is 4.79 Å². The van der Waals surface area contributed by atoms with Gasteiger partial charge in [0.25, 0.3) is 5.91 Å². The molecule has 20 heavy (non-hydrogen) atoms. The molecule has 1 amide bonds. The first kappa shape index (κ1) is 16.0. The molecular formula is C15H22N2O3. The summed E-state index contributed by atoms with van der Waals surface area (Å²) in [6.45, 7) is 2.70. The fourth-order valence-corrected chi connectivity index (χ4v) is 1.55. The van der Waals surface area contributed by atoms with Crippen molar-refractivity contribution in [2.75, 3.05) is 27.8 Å². The molecule has 0 saturated carbocycles. The van der Waals surface area contributed by atoms with Crippen LogP contribution >= 0.6 is 0 Å². The molecule has 0 fully saturated rings. The molecule has 0 aliphatic rings. The van der Waals surface area contributed by atoms with Crippen molar-refractivity contribution < 1.29 is 14.3 Å². The van der Waals surface area contributed by atoms with Gasteiger partial charge in [-0.3, -0.25) is 10.2 Å². The van der Waals surface area contributed by atoms with Gasteiger partial charge in [-0.15, -0.1) is 0 Å². The third-order valence-corrected chi connectivity index (χ3v) is 2.41. The second-order valence-corrected chi connectivity index (χ2v) is 4.46. The van der Waals surface area contributed by atoms with E-state index in [1.165, 1.54) is 6.08 Å². The third kappa shape index (κ3) is 5.32. The highest BCUT2D eigenvalue weighted by Gasteiger charge is 2.04. The van der Waals surface area contributed by atoms with Crippen molar-refractivity contribution in [2.24, 2.45) is 0 Å². The first-order valence-electron chi connectivity index (χ1n) is 6.53. The smallest absolute Gasteiger partial charge is 0.258 e. The summed E-state index contributed by atoms with van der Waals surface area (Å²) in [6, 6.07) is 5.56. The van der Waals surface area contributed by atoms with Crippen LogP contribution in [0.15, 0.2) is 24.3 Å². The highest BCUT2D eigenvalue weighted by atomic mass is 16.5. The summed E-state index contributed by atoms with van der Waals surface area (Å²) in [4.78, 5) is 11.5. The normalized spacial score (nSPS) is 10.8. The fraction of sp³-hybridized carbons (Fsp3) is 0.400. The Morgan fingerprint density at radius 2 is 2.10 bits per heavy atom. The molecule has 1 aromatic carbocycles. The molecular weight excluding hydrogens is 256 g/mol. The Bertz CT molecular complexity index is 470. The van der Waals surface area contributed by atoms with Gasteiger partial charge in [-0.1, -0.05) is 13.0 Å². The molecule has 0 radical (unpaired) electrons. The van der Waals surface area contributed by atoms with E-state index in [4.69, 9.17) is 9.47 Å². The van der Waals surface area contributed by atoms with Crippen LogP contribution in [-0.4, -0.2) is 38.7 Å². The number of rotatable bonds is 7. The van der Waals surface area contributed by atoms with Gasteiger partial charge in [-0.05, 0) is 30.2 Å². The van der Waals surface area contributed by atoms with Crippen molar-refractivity contribution in [3.05, 3.63) is 29.8 Å². The van der Waals surface area contributed by atoms with E-state index in [1.54, 1.807) is 32.3 Å². The van der Waals surface area contributed by atoms with Crippen LogP contribution in [0, 0.1) is 0 Å². The van der Waals surface area contributed by atoms with Crippen molar-refractivity contribution in [3.8, 4) is 11.5 Å². The van der Waals surface area contributed by atoms with Crippen LogP contribution in [0.5, 0.6) is 11.5 Å². The average molecular weight is 278 g/mol. The summed E-state index contributed by atoms with van der Waals surface area (Å²) in [5, 5.41) is 1.59. The molecule has 0 aliphatic carbocycles. The zero-order valence-electron chi connectivity index (χ0n) is 12.5. The maximum Gasteiger partial charge on any atom is 0.258 e. The molecule has 110 valence electrons. The molecule has 5 heteroatoms. The Labute approximate surface area is 120 Å². The predicted octanol–water partition coefficient (Wildman–Crippen LogP) is 2.09. The first-order valence-corrected chi connectivity index (χ1v) is 6.53. The summed E-state index contributed by atoms with van der Waals surface area (Å²) in [5.41, 5.74) is 3.51. The molecule has 1 aromatic rings. The minimum atomic E-state index is -0.180. The lowest BCUT2D eigenvalue weighted by atomic mass is 10.2. The summed E-state index contributed by atoms with van der Waals surface area (Å²) in [6.07, 6.45) is 4.14. The minimum Gasteiger partial charge on any atom is -0.493 e. The average Bonchev–Trinajstić information content (AvgIpc) is 2.42. The van der Waals surface area contributed by atoms with E-state index in [1.807, 2.05) is 25.1 Å². The van der Waals surface area contributed by atoms with E-state index in [-0.39, 0.29) is 5.91 Å². The Kier molecular flexibility index (Phi) is 6.59. The molecule has 0 heterocycles. The van der Waals surface area contributed by atoms with Crippen LogP contribution in [-0.2, 0) is 4.79 Å². The summed E-state index contributed by atoms with van der Waals surface area (Å²) in [5.74, 6) is 1.19. The number of hydrogen-bond donors (Lipinski definition) is 1. The maximum atomic E-state index is 11.5. The number of carbonyl (C=O) groups excluding carboxylic acids is 1. The van der Waals surface area contributed by atoms with Crippen molar-refractivity contribution in [3.63, 3.8) is 0 Å². The second-order valence-electron chi connectivity index (χ2n) is 4.46. The van der Waals surface area contributed by atoms with Gasteiger partial charge in [-0.2, -0.15) is 0 Å². The zero-order chi connectivity index (χ0) is 15.0. The molecule has 1 N–H and O–H groups in total. The van der Waals surface area contributed by atoms with E-state index in [0.29, 0.717) is 18.1 Å². The third-order valence-electron chi connectivity index (χ3n) is 2.41. The van der Waals surface area contributed by atoms with Crippen LogP contribution in [0.2, 0.25) is 0 Å². The van der Waals surface area contributed by atoms with E-state index >= 15 is 0 Å². The highest BCUT2D eigenvalue weighted by Crippen LogP contribution is 2.28. The molecule has 0 aromatic heterocycles. The summed E-state index contributed by atoms with van der Waals surface area (Å²) in [7, 11) is 5.11. The van der Waals surface area contributed by atoms with Gasteiger partial charge in [0.2, 0.25) is 0 Å². The SMILES string of the molecule is CCCOc1ccc(/C=C/C(=O)NN(C)C)cc1OC. The van der Waals surface area contributed by atoms with Gasteiger partial charge in [0.1, 0.15) is 0 Å². The molecule has 0 unspecified atom stereocenters. The first-order chi connectivity index (χ1) is 9.56. The number of nitrogens with one attached hydrogen (secondary N) is 1. The number of amides is 1. The van der Waals surface area contributed by atoms with Gasteiger partial charge in [0.15, 0.2) is 11.5 Å². The Hall–Kier alpha value is -2.01. The molecule has 0 spiro atoms. The molecule has 0 saturated heterocycles. The molecule has 0 bridgehead atoms. The van der Waals surface area contributed by atoms with Crippen LogP contribution in [0.3, 0.4) is 0 Å². The molecule has 5 nitrogen and oxygen atoms in total. The van der Waals surface area contributed by atoms with Gasteiger partial charge < -0.3 is 9.47 Å². The van der Waals surface area contributed by atoms with Crippen molar-refractivity contribution >= 4 is 12.0 Å². The van der Waals surface area contributed by atoms with E-state index < -0.39 is 0 Å². The lowest BCUT2D eigenvalue weighted by Gasteiger charge is -2.11. The van der Waals surface area contributed by atoms with Crippen molar-refractivity contribution in [1.29, 1.82) is 0 Å². The lowest BCUT2D eigenvalue weighted by molar-refractivity contribution is -0.119. The van der Waals surface area contributed by atoms with E-state index in [2.05, 4.69) is 5.43 Å². The number of nitrogens with zero attached hydrogens (tertiary/aromatic N) is 1. The topological polar surface area (TPSA) is 50.8 Å². The standard InChI is InChI=1S/C15H22N2O3/c1-5-10-20-13-8-6-12(11-14(13)19-4)7-9-15(18)16-17(2)3/h6-9,11H,5,10H2,1-4H3,(H,16,18)/b9-7+. The van der Waals surface area contributed by atoms with Crippen LogP contribution < -0.4 is 14.9 Å². The van der Waals surface area contributed by atoms with Crippen LogP contribution in [0.1, 0.15) is 18.9 Å². The Morgan fingerprint density at radius 1 is 1.35 bits per heavy atom. The number of methoxy groups -OCH3 is 1. The molecule has 0 aliphatic heterocycles. The minimum absolute atomic E-state index is 0.180. The number of carbonyl (C=O) groups is 1. The van der Waals surface area contributed by atoms with Crippen molar-refractivity contribution in [2.45, 2.75) is 13.3 Å². The van der Waals surface area contributed by atoms with Gasteiger partial charge >= 0.3 is 0 Å². The number of hydrogen-bond acceptors (Lipinski definition) is 4. The fourth-order valence-electron chi connectivity index (χ4n) is 1.55. The summed E-state index contributed by atoms with van der Waals surface area (Å²) < 4.78 is 10.9. The lowest BCUT2D eigenvalue weighted by Crippen LogP contribution is -2.34. The number of hydrazine groups is 1.